The zero-order chi connectivity index (χ0) is 22.6. The number of carbonyl (C=O) groups excluding carboxylic acids is 1. The third-order valence-corrected chi connectivity index (χ3v) is 6.54. The normalized spacial score (nSPS) is 12.3. The van der Waals surface area contributed by atoms with E-state index < -0.39 is 10.0 Å². The van der Waals surface area contributed by atoms with Gasteiger partial charge in [-0.05, 0) is 60.7 Å². The predicted molar refractivity (Wildman–Crippen MR) is 126 cm³/mol. The van der Waals surface area contributed by atoms with Gasteiger partial charge in [0.25, 0.3) is 0 Å². The van der Waals surface area contributed by atoms with Gasteiger partial charge in [0.2, 0.25) is 15.9 Å². The zero-order valence-corrected chi connectivity index (χ0v) is 19.1. The summed E-state index contributed by atoms with van der Waals surface area (Å²) in [5, 5.41) is 3.04. The van der Waals surface area contributed by atoms with E-state index in [9.17, 15) is 13.2 Å². The van der Waals surface area contributed by atoms with E-state index in [2.05, 4.69) is 5.32 Å². The van der Waals surface area contributed by atoms with E-state index in [4.69, 9.17) is 0 Å². The van der Waals surface area contributed by atoms with Crippen molar-refractivity contribution in [2.45, 2.75) is 26.8 Å². The van der Waals surface area contributed by atoms with Gasteiger partial charge in [-0.1, -0.05) is 60.7 Å². The summed E-state index contributed by atoms with van der Waals surface area (Å²) in [5.41, 5.74) is 5.46. The molecule has 162 valence electrons. The molecular weight excluding hydrogens is 408 g/mol. The summed E-state index contributed by atoms with van der Waals surface area (Å²) in [6.45, 7) is 5.58. The molecule has 0 aliphatic carbocycles. The minimum Gasteiger partial charge on any atom is -0.344 e. The number of amides is 1. The highest BCUT2D eigenvalue weighted by atomic mass is 32.2. The number of hydrogen-bond acceptors (Lipinski definition) is 3. The number of carbonyl (C=O) groups is 1. The second kappa shape index (κ2) is 9.35. The summed E-state index contributed by atoms with van der Waals surface area (Å²) in [6.07, 6.45) is 1.12. The van der Waals surface area contributed by atoms with Crippen LogP contribution in [0.25, 0.3) is 0 Å². The topological polar surface area (TPSA) is 66.5 Å². The van der Waals surface area contributed by atoms with Crippen LogP contribution in [0.4, 0.5) is 5.69 Å². The van der Waals surface area contributed by atoms with Crippen LogP contribution in [0.3, 0.4) is 0 Å². The van der Waals surface area contributed by atoms with Gasteiger partial charge in [0.15, 0.2) is 0 Å². The monoisotopic (exact) mass is 436 g/mol. The third-order valence-electron chi connectivity index (χ3n) is 5.40. The number of aryl methyl sites for hydroxylation is 3. The van der Waals surface area contributed by atoms with Crippen LogP contribution in [-0.4, -0.2) is 27.1 Å². The van der Waals surface area contributed by atoms with Crippen LogP contribution >= 0.6 is 0 Å². The molecule has 0 radical (unpaired) electrons. The summed E-state index contributed by atoms with van der Waals surface area (Å²) in [5.74, 6) is -0.374. The molecule has 0 aliphatic rings. The summed E-state index contributed by atoms with van der Waals surface area (Å²) in [6, 6.07) is 22.5. The lowest BCUT2D eigenvalue weighted by molar-refractivity contribution is -0.120. The Morgan fingerprint density at radius 2 is 1.52 bits per heavy atom. The minimum absolute atomic E-state index is 0.295. The maximum atomic E-state index is 13.1. The molecule has 0 saturated heterocycles. The Morgan fingerprint density at radius 3 is 2.13 bits per heavy atom. The zero-order valence-electron chi connectivity index (χ0n) is 18.3. The molecule has 1 N–H and O–H groups in total. The lowest BCUT2D eigenvalue weighted by atomic mass is 9.95. The van der Waals surface area contributed by atoms with Gasteiger partial charge in [0, 0.05) is 0 Å². The molecule has 3 aromatic rings. The molecule has 0 heterocycles. The number of rotatable bonds is 7. The second-order valence-electron chi connectivity index (χ2n) is 7.81. The molecular formula is C25H28N2O3S. The highest BCUT2D eigenvalue weighted by Gasteiger charge is 2.24. The molecule has 6 heteroatoms. The molecule has 1 amide bonds. The average Bonchev–Trinajstić information content (AvgIpc) is 2.73. The fourth-order valence-electron chi connectivity index (χ4n) is 3.51. The largest absolute Gasteiger partial charge is 0.344 e. The Labute approximate surface area is 184 Å². The van der Waals surface area contributed by atoms with Gasteiger partial charge in [-0.25, -0.2) is 8.42 Å². The molecule has 3 rings (SSSR count). The van der Waals surface area contributed by atoms with E-state index in [-0.39, 0.29) is 18.5 Å². The average molecular weight is 437 g/mol. The van der Waals surface area contributed by atoms with Crippen molar-refractivity contribution in [1.82, 2.24) is 5.32 Å². The molecule has 5 nitrogen and oxygen atoms in total. The molecule has 31 heavy (non-hydrogen) atoms. The van der Waals surface area contributed by atoms with Gasteiger partial charge in [-0.15, -0.1) is 0 Å². The van der Waals surface area contributed by atoms with Crippen LogP contribution in [0.2, 0.25) is 0 Å². The van der Waals surface area contributed by atoms with Crippen LogP contribution in [0.1, 0.15) is 33.9 Å². The van der Waals surface area contributed by atoms with E-state index in [1.807, 2.05) is 81.4 Å². The SMILES string of the molecule is Cc1ccc(N(CC(=O)N[C@H](c2ccccc2)c2ccccc2C)S(C)(=O)=O)cc1C. The van der Waals surface area contributed by atoms with Crippen LogP contribution in [0.5, 0.6) is 0 Å². The summed E-state index contributed by atoms with van der Waals surface area (Å²) < 4.78 is 26.1. The molecule has 0 aromatic heterocycles. The van der Waals surface area contributed by atoms with Crippen molar-refractivity contribution in [1.29, 1.82) is 0 Å². The Bertz CT molecular complexity index is 1170. The second-order valence-corrected chi connectivity index (χ2v) is 9.71. The van der Waals surface area contributed by atoms with E-state index in [1.54, 1.807) is 12.1 Å². The van der Waals surface area contributed by atoms with E-state index in [0.29, 0.717) is 5.69 Å². The first-order valence-corrected chi connectivity index (χ1v) is 12.0. The van der Waals surface area contributed by atoms with Gasteiger partial charge in [-0.2, -0.15) is 0 Å². The van der Waals surface area contributed by atoms with Crippen molar-refractivity contribution < 1.29 is 13.2 Å². The first kappa shape index (κ1) is 22.6. The highest BCUT2D eigenvalue weighted by Crippen LogP contribution is 2.26. The smallest absolute Gasteiger partial charge is 0.241 e. The summed E-state index contributed by atoms with van der Waals surface area (Å²) >= 11 is 0. The molecule has 0 saturated carbocycles. The number of nitrogens with one attached hydrogen (secondary N) is 1. The number of nitrogens with zero attached hydrogens (tertiary/aromatic N) is 1. The molecule has 0 bridgehead atoms. The third kappa shape index (κ3) is 5.52. The number of sulfonamides is 1. The molecule has 0 aliphatic heterocycles. The van der Waals surface area contributed by atoms with Crippen molar-refractivity contribution in [2.24, 2.45) is 0 Å². The Kier molecular flexibility index (Phi) is 6.81. The van der Waals surface area contributed by atoms with Gasteiger partial charge in [-0.3, -0.25) is 9.10 Å². The minimum atomic E-state index is -3.64. The van der Waals surface area contributed by atoms with E-state index >= 15 is 0 Å². The van der Waals surface area contributed by atoms with Crippen molar-refractivity contribution in [3.8, 4) is 0 Å². The van der Waals surface area contributed by atoms with Gasteiger partial charge < -0.3 is 5.32 Å². The highest BCUT2D eigenvalue weighted by molar-refractivity contribution is 7.92. The van der Waals surface area contributed by atoms with Crippen LogP contribution in [0.15, 0.2) is 72.8 Å². The summed E-state index contributed by atoms with van der Waals surface area (Å²) in [4.78, 5) is 13.1. The fourth-order valence-corrected chi connectivity index (χ4v) is 4.36. The molecule has 0 spiro atoms. The van der Waals surface area contributed by atoms with Crippen LogP contribution in [-0.2, 0) is 14.8 Å². The number of hydrogen-bond donors (Lipinski definition) is 1. The fraction of sp³-hybridized carbons (Fsp3) is 0.240. The van der Waals surface area contributed by atoms with Crippen LogP contribution < -0.4 is 9.62 Å². The maximum absolute atomic E-state index is 13.1. The van der Waals surface area contributed by atoms with Crippen molar-refractivity contribution in [2.75, 3.05) is 17.1 Å². The Balaban J connectivity index is 1.92. The first-order chi connectivity index (χ1) is 14.7. The van der Waals surface area contributed by atoms with Crippen LogP contribution in [0, 0.1) is 20.8 Å². The molecule has 3 aromatic carbocycles. The molecule has 0 fully saturated rings. The molecule has 1 atom stereocenters. The number of anilines is 1. The summed E-state index contributed by atoms with van der Waals surface area (Å²) in [7, 11) is -3.64. The van der Waals surface area contributed by atoms with Gasteiger partial charge in [0.05, 0.1) is 18.0 Å². The lowest BCUT2D eigenvalue weighted by Crippen LogP contribution is -2.42. The van der Waals surface area contributed by atoms with E-state index in [0.717, 1.165) is 38.4 Å². The van der Waals surface area contributed by atoms with Crippen molar-refractivity contribution >= 4 is 21.6 Å². The Hall–Kier alpha value is -3.12. The van der Waals surface area contributed by atoms with Crippen molar-refractivity contribution in [3.63, 3.8) is 0 Å². The predicted octanol–water partition coefficient (Wildman–Crippen LogP) is 4.28. The van der Waals surface area contributed by atoms with E-state index in [1.165, 1.54) is 0 Å². The quantitative estimate of drug-likeness (QED) is 0.601. The molecule has 0 unspecified atom stereocenters. The van der Waals surface area contributed by atoms with Gasteiger partial charge in [0.1, 0.15) is 6.54 Å². The van der Waals surface area contributed by atoms with Gasteiger partial charge >= 0.3 is 0 Å². The van der Waals surface area contributed by atoms with Crippen molar-refractivity contribution in [3.05, 3.63) is 101 Å². The first-order valence-electron chi connectivity index (χ1n) is 10.1. The maximum Gasteiger partial charge on any atom is 0.241 e. The number of benzene rings is 3. The standard InChI is InChI=1S/C25H28N2O3S/c1-18-14-15-22(16-20(18)3)27(31(4,29)30)17-24(28)26-25(21-11-6-5-7-12-21)23-13-9-8-10-19(23)2/h5-16,25H,17H2,1-4H3,(H,26,28)/t25-/m1/s1. The lowest BCUT2D eigenvalue weighted by Gasteiger charge is -2.26. The Morgan fingerprint density at radius 1 is 0.871 bits per heavy atom.